The second-order valence-electron chi connectivity index (χ2n) is 4.62. The molecule has 1 aromatic rings. The largest absolute Gasteiger partial charge is 0.383 e. The summed E-state index contributed by atoms with van der Waals surface area (Å²) in [5, 5.41) is 11.0. The molecule has 1 N–H and O–H groups in total. The van der Waals surface area contributed by atoms with E-state index < -0.39 is 0 Å². The second kappa shape index (κ2) is 7.11. The lowest BCUT2D eigenvalue weighted by Gasteiger charge is -2.12. The molecule has 0 saturated carbocycles. The molecule has 0 aromatic carbocycles. The summed E-state index contributed by atoms with van der Waals surface area (Å²) in [5.74, 6) is -0.326. The summed E-state index contributed by atoms with van der Waals surface area (Å²) < 4.78 is 6.38. The van der Waals surface area contributed by atoms with Crippen LogP contribution in [0.5, 0.6) is 0 Å². The smallest absolute Gasteiger partial charge is 0.250 e. The van der Waals surface area contributed by atoms with Crippen LogP contribution in [0.3, 0.4) is 0 Å². The number of nitrogens with zero attached hydrogens (tertiary/aromatic N) is 4. The molecule has 1 aromatic heterocycles. The zero-order chi connectivity index (χ0) is 14.4. The first-order chi connectivity index (χ1) is 9.70. The van der Waals surface area contributed by atoms with Crippen LogP contribution in [0.2, 0.25) is 0 Å². The molecule has 2 amide bonds. The van der Waals surface area contributed by atoms with Crippen molar-refractivity contribution in [2.45, 2.75) is 25.9 Å². The quantitative estimate of drug-likeness (QED) is 0.656. The minimum absolute atomic E-state index is 0.0524. The maximum absolute atomic E-state index is 11.9. The Kier molecular flexibility index (Phi) is 5.19. The average molecular weight is 281 g/mol. The van der Waals surface area contributed by atoms with Gasteiger partial charge < -0.3 is 10.1 Å². The van der Waals surface area contributed by atoms with E-state index in [1.54, 1.807) is 13.3 Å². The van der Waals surface area contributed by atoms with Crippen LogP contribution in [-0.2, 0) is 27.4 Å². The maximum atomic E-state index is 11.9. The number of carbonyl (C=O) groups is 2. The second-order valence-corrected chi connectivity index (χ2v) is 4.62. The van der Waals surface area contributed by atoms with Gasteiger partial charge in [0.15, 0.2) is 0 Å². The standard InChI is InChI=1S/C12H19N5O3/c1-20-6-4-13-7-10-8-16(15-14-10)9-12(19)17-5-2-3-11(17)18/h8,13H,2-7,9H2,1H3. The maximum Gasteiger partial charge on any atom is 0.250 e. The van der Waals surface area contributed by atoms with Crippen LogP contribution in [0.1, 0.15) is 18.5 Å². The first-order valence-corrected chi connectivity index (χ1v) is 6.62. The Bertz CT molecular complexity index is 473. The van der Waals surface area contributed by atoms with Gasteiger partial charge in [-0.25, -0.2) is 4.68 Å². The van der Waals surface area contributed by atoms with Gasteiger partial charge in [-0.15, -0.1) is 5.10 Å². The average Bonchev–Trinajstić information content (AvgIpc) is 3.04. The number of ether oxygens (including phenoxy) is 1. The van der Waals surface area contributed by atoms with Crippen LogP contribution in [0.15, 0.2) is 6.20 Å². The Labute approximate surface area is 117 Å². The molecule has 1 aliphatic heterocycles. The number of carbonyl (C=O) groups excluding carboxylic acids is 2. The summed E-state index contributed by atoms with van der Waals surface area (Å²) in [7, 11) is 1.64. The number of likely N-dealkylation sites (tertiary alicyclic amines) is 1. The number of rotatable bonds is 7. The lowest BCUT2D eigenvalue weighted by molar-refractivity contribution is -0.142. The topological polar surface area (TPSA) is 89.4 Å². The molecule has 110 valence electrons. The van der Waals surface area contributed by atoms with Crippen LogP contribution in [0, 0.1) is 0 Å². The van der Waals surface area contributed by atoms with Gasteiger partial charge in [0.2, 0.25) is 5.91 Å². The molecule has 1 fully saturated rings. The van der Waals surface area contributed by atoms with E-state index in [4.69, 9.17) is 4.74 Å². The zero-order valence-corrected chi connectivity index (χ0v) is 11.5. The number of nitrogens with one attached hydrogen (secondary N) is 1. The fraction of sp³-hybridized carbons (Fsp3) is 0.667. The molecule has 1 aliphatic rings. The SMILES string of the molecule is COCCNCc1cn(CC(=O)N2CCCC2=O)nn1. The van der Waals surface area contributed by atoms with Crippen LogP contribution < -0.4 is 5.32 Å². The van der Waals surface area contributed by atoms with Gasteiger partial charge in [0.05, 0.1) is 18.5 Å². The molecule has 1 saturated heterocycles. The predicted octanol–water partition coefficient (Wildman–Crippen LogP) is -0.837. The lowest BCUT2D eigenvalue weighted by atomic mass is 10.4. The Morgan fingerprint density at radius 3 is 3.10 bits per heavy atom. The third kappa shape index (κ3) is 3.84. The summed E-state index contributed by atoms with van der Waals surface area (Å²) in [6.07, 6.45) is 2.91. The van der Waals surface area contributed by atoms with Crippen LogP contribution in [0.25, 0.3) is 0 Å². The molecule has 8 heteroatoms. The van der Waals surface area contributed by atoms with Crippen LogP contribution in [0.4, 0.5) is 0 Å². The van der Waals surface area contributed by atoms with E-state index in [1.165, 1.54) is 9.58 Å². The van der Waals surface area contributed by atoms with Gasteiger partial charge >= 0.3 is 0 Å². The van der Waals surface area contributed by atoms with Crippen molar-refractivity contribution < 1.29 is 14.3 Å². The molecule has 0 radical (unpaired) electrons. The molecule has 0 aliphatic carbocycles. The number of methoxy groups -OCH3 is 1. The van der Waals surface area contributed by atoms with Gasteiger partial charge in [0.1, 0.15) is 6.54 Å². The summed E-state index contributed by atoms with van der Waals surface area (Å²) in [5.41, 5.74) is 0.752. The molecule has 8 nitrogen and oxygen atoms in total. The molecule has 0 unspecified atom stereocenters. The van der Waals surface area contributed by atoms with E-state index in [-0.39, 0.29) is 18.4 Å². The first kappa shape index (κ1) is 14.6. The van der Waals surface area contributed by atoms with Gasteiger partial charge in [-0.05, 0) is 6.42 Å². The van der Waals surface area contributed by atoms with E-state index in [0.29, 0.717) is 26.1 Å². The van der Waals surface area contributed by atoms with Crippen molar-refractivity contribution in [2.75, 3.05) is 26.8 Å². The Hall–Kier alpha value is -1.80. The van der Waals surface area contributed by atoms with Crippen molar-refractivity contribution >= 4 is 11.8 Å². The third-order valence-electron chi connectivity index (χ3n) is 3.05. The van der Waals surface area contributed by atoms with Gasteiger partial charge in [-0.3, -0.25) is 14.5 Å². The fourth-order valence-corrected chi connectivity index (χ4v) is 2.02. The Balaban J connectivity index is 1.80. The molecule has 0 atom stereocenters. The first-order valence-electron chi connectivity index (χ1n) is 6.62. The predicted molar refractivity (Wildman–Crippen MR) is 69.6 cm³/mol. The number of hydrogen-bond donors (Lipinski definition) is 1. The summed E-state index contributed by atoms with van der Waals surface area (Å²) >= 11 is 0. The van der Waals surface area contributed by atoms with E-state index in [2.05, 4.69) is 15.6 Å². The van der Waals surface area contributed by atoms with Crippen molar-refractivity contribution in [3.63, 3.8) is 0 Å². The van der Waals surface area contributed by atoms with Crippen LogP contribution >= 0.6 is 0 Å². The number of hydrogen-bond acceptors (Lipinski definition) is 6. The zero-order valence-electron chi connectivity index (χ0n) is 11.5. The van der Waals surface area contributed by atoms with Gasteiger partial charge in [-0.1, -0.05) is 5.21 Å². The lowest BCUT2D eigenvalue weighted by Crippen LogP contribution is -2.34. The minimum atomic E-state index is -0.226. The van der Waals surface area contributed by atoms with Gasteiger partial charge in [0.25, 0.3) is 5.91 Å². The molecule has 0 bridgehead atoms. The van der Waals surface area contributed by atoms with E-state index in [9.17, 15) is 9.59 Å². The molecule has 0 spiro atoms. The van der Waals surface area contributed by atoms with Crippen molar-refractivity contribution in [3.05, 3.63) is 11.9 Å². The normalized spacial score (nSPS) is 15.1. The summed E-state index contributed by atoms with van der Waals surface area (Å²) in [6.45, 7) is 2.49. The van der Waals surface area contributed by atoms with E-state index >= 15 is 0 Å². The van der Waals surface area contributed by atoms with E-state index in [0.717, 1.165) is 18.7 Å². The van der Waals surface area contributed by atoms with Crippen molar-refractivity contribution in [3.8, 4) is 0 Å². The van der Waals surface area contributed by atoms with Crippen LogP contribution in [-0.4, -0.2) is 58.5 Å². The summed E-state index contributed by atoms with van der Waals surface area (Å²) in [4.78, 5) is 24.7. The van der Waals surface area contributed by atoms with Crippen molar-refractivity contribution in [2.24, 2.45) is 0 Å². The highest BCUT2D eigenvalue weighted by atomic mass is 16.5. The van der Waals surface area contributed by atoms with Crippen molar-refractivity contribution in [1.29, 1.82) is 0 Å². The van der Waals surface area contributed by atoms with Gasteiger partial charge in [-0.2, -0.15) is 0 Å². The summed E-state index contributed by atoms with van der Waals surface area (Å²) in [6, 6.07) is 0. The highest BCUT2D eigenvalue weighted by Gasteiger charge is 2.26. The van der Waals surface area contributed by atoms with E-state index in [1.807, 2.05) is 0 Å². The monoisotopic (exact) mass is 281 g/mol. The number of amides is 2. The number of aromatic nitrogens is 3. The Morgan fingerprint density at radius 2 is 2.40 bits per heavy atom. The van der Waals surface area contributed by atoms with Crippen molar-refractivity contribution in [1.82, 2.24) is 25.2 Å². The molecular formula is C12H19N5O3. The highest BCUT2D eigenvalue weighted by Crippen LogP contribution is 2.10. The highest BCUT2D eigenvalue weighted by molar-refractivity contribution is 5.96. The Morgan fingerprint density at radius 1 is 1.55 bits per heavy atom. The molecular weight excluding hydrogens is 262 g/mol. The third-order valence-corrected chi connectivity index (χ3v) is 3.05. The minimum Gasteiger partial charge on any atom is -0.383 e. The van der Waals surface area contributed by atoms with Gasteiger partial charge in [0, 0.05) is 33.2 Å². The number of imide groups is 1. The fourth-order valence-electron chi connectivity index (χ4n) is 2.02. The molecule has 2 rings (SSSR count). The molecule has 2 heterocycles. The molecule has 20 heavy (non-hydrogen) atoms.